The lowest BCUT2D eigenvalue weighted by Gasteiger charge is -2.16. The molecule has 6 nitrogen and oxygen atoms in total. The number of nitrogens with one attached hydrogen (secondary N) is 2. The van der Waals surface area contributed by atoms with Gasteiger partial charge in [-0.15, -0.1) is 0 Å². The van der Waals surface area contributed by atoms with Crippen LogP contribution in [0.25, 0.3) is 0 Å². The Hall–Kier alpha value is -1.70. The molecule has 0 aromatic heterocycles. The average Bonchev–Trinajstić information content (AvgIpc) is 2.52. The number of carbonyl (C=O) groups excluding carboxylic acids is 2. The van der Waals surface area contributed by atoms with Gasteiger partial charge in [-0.3, -0.25) is 10.5 Å². The minimum atomic E-state index is -1.09. The number of imide groups is 1. The highest BCUT2D eigenvalue weighted by Crippen LogP contribution is 2.27. The Labute approximate surface area is 156 Å². The van der Waals surface area contributed by atoms with E-state index in [9.17, 15) is 14.8 Å². The molecule has 2 rings (SSSR count). The normalized spacial score (nSPS) is 10.2. The first-order valence-electron chi connectivity index (χ1n) is 6.29. The van der Waals surface area contributed by atoms with E-state index in [-0.39, 0.29) is 25.8 Å². The molecule has 0 atom stereocenters. The van der Waals surface area contributed by atoms with E-state index in [1.165, 1.54) is 36.4 Å². The molecule has 0 unspecified atom stereocenters. The first-order chi connectivity index (χ1) is 11.3. The summed E-state index contributed by atoms with van der Waals surface area (Å²) in [5, 5.41) is 15.3. The molecule has 0 aliphatic heterocycles. The van der Waals surface area contributed by atoms with Crippen molar-refractivity contribution in [1.82, 2.24) is 5.32 Å². The lowest BCUT2D eigenvalue weighted by atomic mass is 10.3. The summed E-state index contributed by atoms with van der Waals surface area (Å²) >= 11 is 23.1. The standard InChI is InChI=1S/C14H9Cl4N3O3/c15-9-3-1-7(5-11(9)17)19-13(22)20-14(23)21(24)8-2-4-10(16)12(18)6-8/h1-6,24H,(H2,19,20,22,23). The zero-order valence-electron chi connectivity index (χ0n) is 11.7. The number of carbonyl (C=O) groups is 2. The third-order valence-corrected chi connectivity index (χ3v) is 4.22. The maximum Gasteiger partial charge on any atom is 0.354 e. The SMILES string of the molecule is O=C(NC(=O)N(O)c1ccc(Cl)c(Cl)c1)Nc1ccc(Cl)c(Cl)c1. The van der Waals surface area contributed by atoms with E-state index in [0.717, 1.165) is 0 Å². The molecule has 2 aromatic carbocycles. The second-order valence-electron chi connectivity index (χ2n) is 4.42. The van der Waals surface area contributed by atoms with Crippen LogP contribution in [0.1, 0.15) is 0 Å². The van der Waals surface area contributed by atoms with E-state index >= 15 is 0 Å². The smallest absolute Gasteiger partial charge is 0.308 e. The average molecular weight is 409 g/mol. The number of hydrogen-bond acceptors (Lipinski definition) is 3. The fraction of sp³-hybridized carbons (Fsp3) is 0. The summed E-state index contributed by atoms with van der Waals surface area (Å²) in [6, 6.07) is 6.42. The number of rotatable bonds is 2. The zero-order chi connectivity index (χ0) is 17.9. The van der Waals surface area contributed by atoms with Gasteiger partial charge >= 0.3 is 12.1 Å². The predicted molar refractivity (Wildman–Crippen MR) is 94.7 cm³/mol. The molecule has 0 saturated carbocycles. The minimum absolute atomic E-state index is 0.0317. The van der Waals surface area contributed by atoms with Gasteiger partial charge in [-0.1, -0.05) is 46.4 Å². The zero-order valence-corrected chi connectivity index (χ0v) is 14.7. The summed E-state index contributed by atoms with van der Waals surface area (Å²) in [5.41, 5.74) is 0.345. The van der Waals surface area contributed by atoms with E-state index in [0.29, 0.717) is 10.7 Å². The predicted octanol–water partition coefficient (Wildman–Crippen LogP) is 5.44. The second kappa shape index (κ2) is 7.92. The quantitative estimate of drug-likeness (QED) is 0.457. The third-order valence-electron chi connectivity index (χ3n) is 2.74. The Morgan fingerprint density at radius 2 is 1.46 bits per heavy atom. The largest absolute Gasteiger partial charge is 0.354 e. The van der Waals surface area contributed by atoms with Crippen LogP contribution in [0.4, 0.5) is 21.0 Å². The molecule has 0 bridgehead atoms. The van der Waals surface area contributed by atoms with Crippen molar-refractivity contribution in [2.45, 2.75) is 0 Å². The summed E-state index contributed by atoms with van der Waals surface area (Å²) in [6.07, 6.45) is 0. The van der Waals surface area contributed by atoms with E-state index in [1.807, 2.05) is 5.32 Å². The van der Waals surface area contributed by atoms with E-state index in [4.69, 9.17) is 46.4 Å². The van der Waals surface area contributed by atoms with Crippen molar-refractivity contribution in [3.63, 3.8) is 0 Å². The molecule has 0 radical (unpaired) electrons. The highest BCUT2D eigenvalue weighted by molar-refractivity contribution is 6.42. The monoisotopic (exact) mass is 407 g/mol. The maximum atomic E-state index is 11.8. The van der Waals surface area contributed by atoms with Crippen LogP contribution in [0.5, 0.6) is 0 Å². The Morgan fingerprint density at radius 1 is 0.875 bits per heavy atom. The first kappa shape index (κ1) is 18.6. The maximum absolute atomic E-state index is 11.8. The Kier molecular flexibility index (Phi) is 6.15. The summed E-state index contributed by atoms with van der Waals surface area (Å²) < 4.78 is 0. The summed E-state index contributed by atoms with van der Waals surface area (Å²) in [6.45, 7) is 0. The van der Waals surface area contributed by atoms with Crippen LogP contribution < -0.4 is 15.7 Å². The Balaban J connectivity index is 2.01. The molecular formula is C14H9Cl4N3O3. The highest BCUT2D eigenvalue weighted by Gasteiger charge is 2.17. The number of hydroxylamine groups is 1. The van der Waals surface area contributed by atoms with Crippen LogP contribution in [0.3, 0.4) is 0 Å². The van der Waals surface area contributed by atoms with Gasteiger partial charge in [0.2, 0.25) is 0 Å². The fourth-order valence-electron chi connectivity index (χ4n) is 1.62. The minimum Gasteiger partial charge on any atom is -0.308 e. The van der Waals surface area contributed by atoms with Gasteiger partial charge < -0.3 is 5.32 Å². The van der Waals surface area contributed by atoms with E-state index in [1.54, 1.807) is 0 Å². The Morgan fingerprint density at radius 3 is 2.04 bits per heavy atom. The molecule has 126 valence electrons. The van der Waals surface area contributed by atoms with Crippen molar-refractivity contribution in [2.75, 3.05) is 10.4 Å². The van der Waals surface area contributed by atoms with Crippen LogP contribution >= 0.6 is 46.4 Å². The summed E-state index contributed by atoms with van der Waals surface area (Å²) in [7, 11) is 0. The van der Waals surface area contributed by atoms with Gasteiger partial charge in [-0.25, -0.2) is 9.59 Å². The molecular weight excluding hydrogens is 400 g/mol. The van der Waals surface area contributed by atoms with Crippen LogP contribution in [0.15, 0.2) is 36.4 Å². The molecule has 10 heteroatoms. The van der Waals surface area contributed by atoms with Crippen molar-refractivity contribution < 1.29 is 14.8 Å². The number of anilines is 2. The molecule has 0 aliphatic rings. The van der Waals surface area contributed by atoms with Crippen LogP contribution in [-0.2, 0) is 0 Å². The van der Waals surface area contributed by atoms with E-state index in [2.05, 4.69) is 5.32 Å². The first-order valence-corrected chi connectivity index (χ1v) is 7.80. The van der Waals surface area contributed by atoms with Crippen molar-refractivity contribution in [3.05, 3.63) is 56.5 Å². The van der Waals surface area contributed by atoms with Crippen LogP contribution in [0, 0.1) is 0 Å². The molecule has 0 saturated heterocycles. The molecule has 3 N–H and O–H groups in total. The number of benzene rings is 2. The van der Waals surface area contributed by atoms with Gasteiger partial charge in [0.1, 0.15) is 0 Å². The second-order valence-corrected chi connectivity index (χ2v) is 6.05. The van der Waals surface area contributed by atoms with Crippen molar-refractivity contribution in [2.24, 2.45) is 0 Å². The van der Waals surface area contributed by atoms with Gasteiger partial charge in [-0.05, 0) is 36.4 Å². The molecule has 2 aromatic rings. The van der Waals surface area contributed by atoms with Gasteiger partial charge in [0.25, 0.3) is 0 Å². The number of urea groups is 2. The third kappa shape index (κ3) is 4.66. The lowest BCUT2D eigenvalue weighted by molar-refractivity contribution is 0.203. The molecule has 4 amide bonds. The van der Waals surface area contributed by atoms with Gasteiger partial charge in [0.15, 0.2) is 0 Å². The Bertz CT molecular complexity index is 801. The van der Waals surface area contributed by atoms with Crippen LogP contribution in [0.2, 0.25) is 20.1 Å². The number of hydrogen-bond donors (Lipinski definition) is 3. The molecule has 0 aliphatic carbocycles. The number of nitrogens with zero attached hydrogens (tertiary/aromatic N) is 1. The van der Waals surface area contributed by atoms with Crippen LogP contribution in [-0.4, -0.2) is 17.3 Å². The lowest BCUT2D eigenvalue weighted by Crippen LogP contribution is -2.43. The number of amides is 4. The summed E-state index contributed by atoms with van der Waals surface area (Å²) in [4.78, 5) is 23.6. The summed E-state index contributed by atoms with van der Waals surface area (Å²) in [5.74, 6) is 0. The molecule has 0 fully saturated rings. The van der Waals surface area contributed by atoms with Crippen molar-refractivity contribution in [1.29, 1.82) is 0 Å². The van der Waals surface area contributed by atoms with Gasteiger partial charge in [0, 0.05) is 5.69 Å². The van der Waals surface area contributed by atoms with Gasteiger partial charge in [-0.2, -0.15) is 5.06 Å². The molecule has 0 heterocycles. The molecule has 0 spiro atoms. The number of halogens is 4. The van der Waals surface area contributed by atoms with Crippen molar-refractivity contribution >= 4 is 69.8 Å². The van der Waals surface area contributed by atoms with Gasteiger partial charge in [0.05, 0.1) is 25.8 Å². The van der Waals surface area contributed by atoms with Crippen molar-refractivity contribution in [3.8, 4) is 0 Å². The molecule has 24 heavy (non-hydrogen) atoms. The highest BCUT2D eigenvalue weighted by atomic mass is 35.5. The fourth-order valence-corrected chi connectivity index (χ4v) is 2.21. The van der Waals surface area contributed by atoms with E-state index < -0.39 is 12.1 Å². The topological polar surface area (TPSA) is 81.7 Å².